The van der Waals surface area contributed by atoms with Crippen molar-refractivity contribution in [2.45, 2.75) is 4.90 Å². The van der Waals surface area contributed by atoms with E-state index in [9.17, 15) is 17.2 Å². The Morgan fingerprint density at radius 2 is 2.00 bits per heavy atom. The molecule has 1 aliphatic rings. The highest BCUT2D eigenvalue weighted by molar-refractivity contribution is 7.86. The van der Waals surface area contributed by atoms with Gasteiger partial charge in [-0.2, -0.15) is 17.2 Å². The Balaban J connectivity index is 2.29. The second-order valence-corrected chi connectivity index (χ2v) is 4.81. The van der Waals surface area contributed by atoms with E-state index >= 15 is 0 Å². The molecule has 0 saturated carbocycles. The number of nitrogens with one attached hydrogen (secondary N) is 2. The minimum Gasteiger partial charge on any atom is -0.282 e. The molecule has 3 N–H and O–H groups in total. The number of nitrogens with zero attached hydrogens (tertiary/aromatic N) is 2. The third kappa shape index (κ3) is 3.17. The lowest BCUT2D eigenvalue weighted by atomic mass is 10.3. The van der Waals surface area contributed by atoms with Gasteiger partial charge in [-0.3, -0.25) is 9.98 Å². The van der Waals surface area contributed by atoms with Crippen molar-refractivity contribution in [3.05, 3.63) is 36.3 Å². The lowest BCUT2D eigenvalue weighted by molar-refractivity contribution is 0.232. The second-order valence-electron chi connectivity index (χ2n) is 3.42. The number of hydrazine groups is 2. The van der Waals surface area contributed by atoms with Crippen LogP contribution in [-0.4, -0.2) is 24.2 Å². The van der Waals surface area contributed by atoms with E-state index in [0.717, 1.165) is 6.07 Å². The van der Waals surface area contributed by atoms with Crippen molar-refractivity contribution in [1.29, 1.82) is 0 Å². The Bertz CT molecular complexity index is 659. The molecule has 0 unspecified atom stereocenters. The van der Waals surface area contributed by atoms with Gasteiger partial charge in [0.15, 0.2) is 0 Å². The molecule has 0 aromatic heterocycles. The Kier molecular flexibility index (Phi) is 3.36. The van der Waals surface area contributed by atoms with Gasteiger partial charge in [0.1, 0.15) is 4.90 Å². The monoisotopic (exact) mass is 290 g/mol. The second kappa shape index (κ2) is 4.82. The van der Waals surface area contributed by atoms with Gasteiger partial charge in [0.25, 0.3) is 10.1 Å². The van der Waals surface area contributed by atoms with Gasteiger partial charge in [-0.1, -0.05) is 12.1 Å². The maximum Gasteiger partial charge on any atom is 0.296 e. The molecule has 1 aromatic carbocycles. The van der Waals surface area contributed by atoms with E-state index in [1.54, 1.807) is 0 Å². The minimum absolute atomic E-state index is 0.108. The number of hydrogen-bond donors (Lipinski definition) is 3. The molecule has 1 heterocycles. The molecule has 0 atom stereocenters. The highest BCUT2D eigenvalue weighted by Crippen LogP contribution is 2.21. The van der Waals surface area contributed by atoms with Crippen LogP contribution < -0.4 is 10.9 Å². The highest BCUT2D eigenvalue weighted by Gasteiger charge is 2.18. The fourth-order valence-electron chi connectivity index (χ4n) is 1.34. The predicted molar refractivity (Wildman–Crippen MR) is 62.6 cm³/mol. The largest absolute Gasteiger partial charge is 0.296 e. The van der Waals surface area contributed by atoms with Gasteiger partial charge in [-0.25, -0.2) is 5.43 Å². The number of allylic oxidation sites excluding steroid dienone is 1. The average molecular weight is 290 g/mol. The van der Waals surface area contributed by atoms with Crippen LogP contribution in [0.25, 0.3) is 0 Å². The van der Waals surface area contributed by atoms with Crippen LogP contribution in [0.3, 0.4) is 0 Å². The smallest absolute Gasteiger partial charge is 0.282 e. The summed E-state index contributed by atoms with van der Waals surface area (Å²) in [5, 5.41) is 3.76. The molecule has 102 valence electrons. The molecular formula is C9H8F2N4O3S. The van der Waals surface area contributed by atoms with Crippen LogP contribution in [0, 0.1) is 0 Å². The average Bonchev–Trinajstić information content (AvgIpc) is 2.26. The first-order chi connectivity index (χ1) is 8.86. The molecule has 0 spiro atoms. The Labute approximate surface area is 106 Å². The van der Waals surface area contributed by atoms with E-state index in [1.807, 2.05) is 5.43 Å². The van der Waals surface area contributed by atoms with Gasteiger partial charge in [-0.15, -0.1) is 10.3 Å². The van der Waals surface area contributed by atoms with E-state index in [0.29, 0.717) is 11.3 Å². The summed E-state index contributed by atoms with van der Waals surface area (Å²) in [6.07, 6.45) is 0.507. The summed E-state index contributed by atoms with van der Waals surface area (Å²) in [6.45, 7) is 0. The predicted octanol–water partition coefficient (Wildman–Crippen LogP) is 1.17. The minimum atomic E-state index is -4.48. The summed E-state index contributed by atoms with van der Waals surface area (Å²) in [5.41, 5.74) is 4.17. The lowest BCUT2D eigenvalue weighted by Crippen LogP contribution is -2.39. The van der Waals surface area contributed by atoms with Gasteiger partial charge in [-0.05, 0) is 12.1 Å². The molecule has 0 amide bonds. The van der Waals surface area contributed by atoms with Crippen LogP contribution >= 0.6 is 0 Å². The van der Waals surface area contributed by atoms with Crippen LogP contribution in [0.15, 0.2) is 46.3 Å². The van der Waals surface area contributed by atoms with E-state index in [2.05, 4.69) is 10.5 Å². The van der Waals surface area contributed by atoms with Gasteiger partial charge in [0, 0.05) is 6.08 Å². The summed E-state index contributed by atoms with van der Waals surface area (Å²) < 4.78 is 57.0. The summed E-state index contributed by atoms with van der Waals surface area (Å²) in [6, 6.07) is 5.25. The van der Waals surface area contributed by atoms with E-state index in [-0.39, 0.29) is 5.69 Å². The van der Waals surface area contributed by atoms with Gasteiger partial charge < -0.3 is 0 Å². The topological polar surface area (TPSA) is 94.0 Å². The van der Waals surface area contributed by atoms with Crippen molar-refractivity contribution in [1.82, 2.24) is 10.7 Å². The van der Waals surface area contributed by atoms with Crippen LogP contribution in [0.2, 0.25) is 0 Å². The Hall–Kier alpha value is -2.20. The van der Waals surface area contributed by atoms with Crippen molar-refractivity contribution in [3.8, 4) is 0 Å². The van der Waals surface area contributed by atoms with Gasteiger partial charge >= 0.3 is 0 Å². The third-order valence-electron chi connectivity index (χ3n) is 2.05. The number of anilines is 1. The SMILES string of the molecule is O=S(=O)(O)c1ccccc1NN1N=C(F)C=C(F)N1. The molecule has 0 saturated heterocycles. The summed E-state index contributed by atoms with van der Waals surface area (Å²) in [5.74, 6) is -2.14. The molecule has 0 fully saturated rings. The Morgan fingerprint density at radius 3 is 2.63 bits per heavy atom. The van der Waals surface area contributed by atoms with Crippen molar-refractivity contribution < 1.29 is 21.8 Å². The number of rotatable bonds is 3. The zero-order chi connectivity index (χ0) is 14.0. The van der Waals surface area contributed by atoms with Crippen molar-refractivity contribution in [2.24, 2.45) is 5.10 Å². The fourth-order valence-corrected chi connectivity index (χ4v) is 1.98. The molecule has 1 aromatic rings. The first-order valence-electron chi connectivity index (χ1n) is 4.87. The third-order valence-corrected chi connectivity index (χ3v) is 2.96. The zero-order valence-electron chi connectivity index (χ0n) is 9.21. The normalized spacial score (nSPS) is 15.4. The standard InChI is InChI=1S/C9H8F2N4O3S/c10-8-5-9(11)14-15(13-8)12-6-3-1-2-4-7(6)19(16,17)18/h1-5,12-13H,(H,16,17,18). The number of hydrogen-bond acceptors (Lipinski definition) is 6. The van der Waals surface area contributed by atoms with E-state index in [4.69, 9.17) is 4.55 Å². The molecular weight excluding hydrogens is 282 g/mol. The zero-order valence-corrected chi connectivity index (χ0v) is 10.0. The van der Waals surface area contributed by atoms with Crippen LogP contribution in [-0.2, 0) is 10.1 Å². The van der Waals surface area contributed by atoms with Crippen molar-refractivity contribution in [2.75, 3.05) is 5.43 Å². The van der Waals surface area contributed by atoms with Crippen molar-refractivity contribution >= 4 is 21.8 Å². The molecule has 2 rings (SSSR count). The Morgan fingerprint density at radius 1 is 1.32 bits per heavy atom. The lowest BCUT2D eigenvalue weighted by Gasteiger charge is -2.23. The quantitative estimate of drug-likeness (QED) is 0.571. The molecule has 7 nitrogen and oxygen atoms in total. The highest BCUT2D eigenvalue weighted by atomic mass is 32.2. The van der Waals surface area contributed by atoms with Crippen LogP contribution in [0.4, 0.5) is 14.5 Å². The number of benzene rings is 1. The maximum absolute atomic E-state index is 12.9. The molecule has 0 aliphatic carbocycles. The van der Waals surface area contributed by atoms with Gasteiger partial charge in [0.2, 0.25) is 11.9 Å². The van der Waals surface area contributed by atoms with E-state index in [1.165, 1.54) is 18.2 Å². The number of halogens is 2. The number of para-hydroxylation sites is 1. The summed E-state index contributed by atoms with van der Waals surface area (Å²) in [7, 11) is -4.48. The number of hydrazone groups is 1. The van der Waals surface area contributed by atoms with Crippen molar-refractivity contribution in [3.63, 3.8) is 0 Å². The molecule has 0 bridgehead atoms. The summed E-state index contributed by atoms with van der Waals surface area (Å²) >= 11 is 0. The van der Waals surface area contributed by atoms with Crippen LogP contribution in [0.1, 0.15) is 0 Å². The molecule has 1 aliphatic heterocycles. The molecule has 10 heteroatoms. The van der Waals surface area contributed by atoms with Crippen LogP contribution in [0.5, 0.6) is 0 Å². The van der Waals surface area contributed by atoms with E-state index < -0.39 is 26.9 Å². The first kappa shape index (κ1) is 13.2. The first-order valence-corrected chi connectivity index (χ1v) is 6.31. The summed E-state index contributed by atoms with van der Waals surface area (Å²) in [4.78, 5) is -0.456. The van der Waals surface area contributed by atoms with Gasteiger partial charge in [0.05, 0.1) is 5.69 Å². The maximum atomic E-state index is 12.9. The molecule has 19 heavy (non-hydrogen) atoms. The fraction of sp³-hybridized carbons (Fsp3) is 0. The molecule has 0 radical (unpaired) electrons.